The summed E-state index contributed by atoms with van der Waals surface area (Å²) in [6.45, 7) is 4.77. The predicted molar refractivity (Wildman–Crippen MR) is 62.5 cm³/mol. The van der Waals surface area contributed by atoms with Gasteiger partial charge >= 0.3 is 5.97 Å². The van der Waals surface area contributed by atoms with Crippen molar-refractivity contribution >= 4 is 5.97 Å². The Morgan fingerprint density at radius 1 is 1.50 bits per heavy atom. The molecule has 0 aliphatic heterocycles. The highest BCUT2D eigenvalue weighted by Crippen LogP contribution is 2.35. The molecule has 0 aromatic heterocycles. The van der Waals surface area contributed by atoms with E-state index in [1.165, 1.54) is 7.11 Å². The van der Waals surface area contributed by atoms with Crippen molar-refractivity contribution in [1.82, 2.24) is 5.32 Å². The molecule has 1 rings (SSSR count). The molecule has 0 saturated heterocycles. The van der Waals surface area contributed by atoms with E-state index in [9.17, 15) is 4.79 Å². The van der Waals surface area contributed by atoms with E-state index in [1.54, 1.807) is 0 Å². The number of hydrogen-bond donors (Lipinski definition) is 2. The first-order valence-corrected chi connectivity index (χ1v) is 5.92. The molecule has 0 spiro atoms. The molecule has 1 unspecified atom stereocenters. The molecule has 1 aliphatic rings. The van der Waals surface area contributed by atoms with Crippen molar-refractivity contribution in [2.75, 3.05) is 13.7 Å². The standard InChI is InChI=1S/C12H23NO3/c1-12(2)6-4-9(5-7-12)13-10(8-16-3)11(14)15/h9-10,13H,4-8H2,1-3H3,(H,14,15). The quantitative estimate of drug-likeness (QED) is 0.752. The molecule has 0 bridgehead atoms. The second kappa shape index (κ2) is 5.64. The van der Waals surface area contributed by atoms with E-state index >= 15 is 0 Å². The molecule has 4 heteroatoms. The number of carboxylic acid groups (broad SMARTS) is 1. The summed E-state index contributed by atoms with van der Waals surface area (Å²) < 4.78 is 4.90. The molecule has 0 amide bonds. The van der Waals surface area contributed by atoms with Crippen LogP contribution in [0.4, 0.5) is 0 Å². The van der Waals surface area contributed by atoms with Crippen molar-refractivity contribution in [3.8, 4) is 0 Å². The Bertz CT molecular complexity index is 230. The van der Waals surface area contributed by atoms with Crippen LogP contribution in [0.15, 0.2) is 0 Å². The number of carboxylic acids is 1. The molecule has 1 atom stereocenters. The van der Waals surface area contributed by atoms with Crippen LogP contribution in [-0.4, -0.2) is 36.9 Å². The van der Waals surface area contributed by atoms with Crippen LogP contribution in [0.3, 0.4) is 0 Å². The number of nitrogens with one attached hydrogen (secondary N) is 1. The maximum absolute atomic E-state index is 10.9. The molecule has 1 saturated carbocycles. The molecular formula is C12H23NO3. The summed E-state index contributed by atoms with van der Waals surface area (Å²) in [4.78, 5) is 10.9. The van der Waals surface area contributed by atoms with Crippen molar-refractivity contribution in [3.63, 3.8) is 0 Å². The van der Waals surface area contributed by atoms with Crippen LogP contribution in [0.5, 0.6) is 0 Å². The highest BCUT2D eigenvalue weighted by molar-refractivity contribution is 5.73. The molecular weight excluding hydrogens is 206 g/mol. The van der Waals surface area contributed by atoms with Crippen LogP contribution < -0.4 is 5.32 Å². The molecule has 0 aromatic carbocycles. The first-order valence-electron chi connectivity index (χ1n) is 5.92. The molecule has 1 fully saturated rings. The first kappa shape index (κ1) is 13.5. The highest BCUT2D eigenvalue weighted by Gasteiger charge is 2.29. The average Bonchev–Trinajstić information content (AvgIpc) is 2.20. The Kier molecular flexibility index (Phi) is 4.74. The number of rotatable bonds is 5. The normalized spacial score (nSPS) is 22.9. The SMILES string of the molecule is COCC(NC1CCC(C)(C)CC1)C(=O)O. The van der Waals surface area contributed by atoms with Gasteiger partial charge in [-0.25, -0.2) is 0 Å². The second-order valence-electron chi connectivity index (χ2n) is 5.45. The van der Waals surface area contributed by atoms with Gasteiger partial charge in [-0.15, -0.1) is 0 Å². The zero-order valence-electron chi connectivity index (χ0n) is 10.5. The van der Waals surface area contributed by atoms with Crippen molar-refractivity contribution in [1.29, 1.82) is 0 Å². The van der Waals surface area contributed by atoms with Gasteiger partial charge in [0.1, 0.15) is 6.04 Å². The fourth-order valence-electron chi connectivity index (χ4n) is 2.21. The zero-order chi connectivity index (χ0) is 12.2. The largest absolute Gasteiger partial charge is 0.480 e. The second-order valence-corrected chi connectivity index (χ2v) is 5.45. The third-order valence-corrected chi connectivity index (χ3v) is 3.41. The zero-order valence-corrected chi connectivity index (χ0v) is 10.5. The topological polar surface area (TPSA) is 58.6 Å². The van der Waals surface area contributed by atoms with Gasteiger partial charge in [-0.2, -0.15) is 0 Å². The summed E-state index contributed by atoms with van der Waals surface area (Å²) in [5.74, 6) is -0.827. The monoisotopic (exact) mass is 229 g/mol. The minimum atomic E-state index is -0.827. The van der Waals surface area contributed by atoms with E-state index < -0.39 is 12.0 Å². The van der Waals surface area contributed by atoms with Crippen LogP contribution in [0, 0.1) is 5.41 Å². The fourth-order valence-corrected chi connectivity index (χ4v) is 2.21. The number of methoxy groups -OCH3 is 1. The smallest absolute Gasteiger partial charge is 0.323 e. The van der Waals surface area contributed by atoms with Crippen molar-refractivity contribution in [2.24, 2.45) is 5.41 Å². The minimum absolute atomic E-state index is 0.231. The van der Waals surface area contributed by atoms with Crippen molar-refractivity contribution in [2.45, 2.75) is 51.6 Å². The first-order chi connectivity index (χ1) is 7.44. The maximum Gasteiger partial charge on any atom is 0.323 e. The third-order valence-electron chi connectivity index (χ3n) is 3.41. The molecule has 4 nitrogen and oxygen atoms in total. The van der Waals surface area contributed by atoms with Crippen LogP contribution in [0.25, 0.3) is 0 Å². The van der Waals surface area contributed by atoms with Crippen LogP contribution in [0.1, 0.15) is 39.5 Å². The van der Waals surface area contributed by atoms with Gasteiger partial charge in [0.25, 0.3) is 0 Å². The van der Waals surface area contributed by atoms with Crippen molar-refractivity contribution < 1.29 is 14.6 Å². The lowest BCUT2D eigenvalue weighted by molar-refractivity contribution is -0.141. The molecule has 16 heavy (non-hydrogen) atoms. The lowest BCUT2D eigenvalue weighted by atomic mass is 9.75. The molecule has 1 aliphatic carbocycles. The van der Waals surface area contributed by atoms with E-state index in [2.05, 4.69) is 19.2 Å². The van der Waals surface area contributed by atoms with Crippen LogP contribution in [-0.2, 0) is 9.53 Å². The van der Waals surface area contributed by atoms with E-state index in [1.807, 2.05) is 0 Å². The highest BCUT2D eigenvalue weighted by atomic mass is 16.5. The summed E-state index contributed by atoms with van der Waals surface area (Å²) in [5, 5.41) is 12.2. The van der Waals surface area contributed by atoms with Crippen LogP contribution in [0.2, 0.25) is 0 Å². The number of carbonyl (C=O) groups is 1. The molecule has 94 valence electrons. The molecule has 0 heterocycles. The fraction of sp³-hybridized carbons (Fsp3) is 0.917. The third kappa shape index (κ3) is 4.10. The van der Waals surface area contributed by atoms with Gasteiger partial charge in [0.05, 0.1) is 6.61 Å². The predicted octanol–water partition coefficient (Wildman–Crippen LogP) is 1.64. The number of ether oxygens (including phenoxy) is 1. The Labute approximate surface area is 97.4 Å². The molecule has 0 aromatic rings. The van der Waals surface area contributed by atoms with Gasteiger partial charge in [-0.05, 0) is 31.1 Å². The Morgan fingerprint density at radius 3 is 2.50 bits per heavy atom. The van der Waals surface area contributed by atoms with Gasteiger partial charge < -0.3 is 9.84 Å². The average molecular weight is 229 g/mol. The van der Waals surface area contributed by atoms with Crippen molar-refractivity contribution in [3.05, 3.63) is 0 Å². The number of aliphatic carboxylic acids is 1. The Morgan fingerprint density at radius 2 is 2.06 bits per heavy atom. The van der Waals surface area contributed by atoms with Gasteiger partial charge in [0.2, 0.25) is 0 Å². The molecule has 0 radical (unpaired) electrons. The Hall–Kier alpha value is -0.610. The summed E-state index contributed by atoms with van der Waals surface area (Å²) in [6, 6.07) is -0.250. The van der Waals surface area contributed by atoms with E-state index in [0.29, 0.717) is 11.5 Å². The Balaban J connectivity index is 2.39. The van der Waals surface area contributed by atoms with E-state index in [0.717, 1.165) is 25.7 Å². The van der Waals surface area contributed by atoms with E-state index in [-0.39, 0.29) is 6.61 Å². The summed E-state index contributed by atoms with van der Waals surface area (Å²) in [6.07, 6.45) is 4.43. The number of hydrogen-bond acceptors (Lipinski definition) is 3. The minimum Gasteiger partial charge on any atom is -0.480 e. The van der Waals surface area contributed by atoms with E-state index in [4.69, 9.17) is 9.84 Å². The van der Waals surface area contributed by atoms with Gasteiger partial charge in [-0.3, -0.25) is 10.1 Å². The maximum atomic E-state index is 10.9. The molecule has 2 N–H and O–H groups in total. The summed E-state index contributed by atoms with van der Waals surface area (Å²) in [7, 11) is 1.53. The lowest BCUT2D eigenvalue weighted by Crippen LogP contribution is -2.47. The summed E-state index contributed by atoms with van der Waals surface area (Å²) >= 11 is 0. The van der Waals surface area contributed by atoms with Gasteiger partial charge in [0, 0.05) is 13.2 Å². The van der Waals surface area contributed by atoms with Gasteiger partial charge in [0.15, 0.2) is 0 Å². The lowest BCUT2D eigenvalue weighted by Gasteiger charge is -2.35. The summed E-state index contributed by atoms with van der Waals surface area (Å²) in [5.41, 5.74) is 0.415. The van der Waals surface area contributed by atoms with Crippen LogP contribution >= 0.6 is 0 Å². The van der Waals surface area contributed by atoms with Gasteiger partial charge in [-0.1, -0.05) is 13.8 Å².